The molecule has 2 N–H and O–H groups in total. The number of hydrogen-bond donors (Lipinski definition) is 2. The van der Waals surface area contributed by atoms with E-state index in [1.165, 1.54) is 25.7 Å². The average Bonchev–Trinajstić information content (AvgIpc) is 2.92. The molecular weight excluding hydrogens is 270 g/mol. The van der Waals surface area contributed by atoms with E-state index in [1.807, 2.05) is 18.8 Å². The first-order valence-electron chi connectivity index (χ1n) is 7.87. The second-order valence-electron chi connectivity index (χ2n) is 5.33. The Morgan fingerprint density at radius 3 is 2.75 bits per heavy atom. The Balaban J connectivity index is 2.05. The molecule has 2 unspecified atom stereocenters. The summed E-state index contributed by atoms with van der Waals surface area (Å²) in [4.78, 5) is 4.30. The smallest absolute Gasteiger partial charge is 0.191 e. The fourth-order valence-electron chi connectivity index (χ4n) is 2.40. The van der Waals surface area contributed by atoms with Gasteiger partial charge in [-0.05, 0) is 38.4 Å². The number of ether oxygens (including phenoxy) is 1. The van der Waals surface area contributed by atoms with E-state index in [1.54, 1.807) is 0 Å². The molecule has 0 aromatic heterocycles. The summed E-state index contributed by atoms with van der Waals surface area (Å²) in [5.41, 5.74) is 0. The van der Waals surface area contributed by atoms with Crippen LogP contribution in [-0.2, 0) is 4.74 Å². The van der Waals surface area contributed by atoms with Gasteiger partial charge in [-0.25, -0.2) is 0 Å². The molecule has 0 aromatic rings. The molecule has 1 aliphatic rings. The lowest BCUT2D eigenvalue weighted by Gasteiger charge is -2.17. The standard InChI is InChI=1S/C15H31N3OS/c1-4-5-10-19-11-6-9-17-15(16-2)18-13-7-8-14(12-13)20-3/h13-14H,4-12H2,1-3H3,(H2,16,17,18). The van der Waals surface area contributed by atoms with E-state index in [2.05, 4.69) is 28.8 Å². The lowest BCUT2D eigenvalue weighted by molar-refractivity contribution is 0.129. The van der Waals surface area contributed by atoms with Crippen LogP contribution in [0.5, 0.6) is 0 Å². The number of thioether (sulfide) groups is 1. The van der Waals surface area contributed by atoms with Crippen LogP contribution < -0.4 is 10.6 Å². The first-order valence-corrected chi connectivity index (χ1v) is 9.16. The second kappa shape index (κ2) is 11.3. The second-order valence-corrected chi connectivity index (χ2v) is 6.47. The lowest BCUT2D eigenvalue weighted by atomic mass is 10.2. The zero-order valence-electron chi connectivity index (χ0n) is 13.3. The van der Waals surface area contributed by atoms with Crippen LogP contribution in [0.15, 0.2) is 4.99 Å². The molecule has 0 aromatic carbocycles. The summed E-state index contributed by atoms with van der Waals surface area (Å²) in [6.45, 7) is 4.83. The van der Waals surface area contributed by atoms with Crippen LogP contribution in [0.25, 0.3) is 0 Å². The van der Waals surface area contributed by atoms with E-state index in [9.17, 15) is 0 Å². The topological polar surface area (TPSA) is 45.6 Å². The molecule has 0 heterocycles. The van der Waals surface area contributed by atoms with Gasteiger partial charge in [0.1, 0.15) is 0 Å². The minimum Gasteiger partial charge on any atom is -0.381 e. The van der Waals surface area contributed by atoms with Crippen molar-refractivity contribution in [2.24, 2.45) is 4.99 Å². The van der Waals surface area contributed by atoms with E-state index in [4.69, 9.17) is 4.74 Å². The van der Waals surface area contributed by atoms with Crippen molar-refractivity contribution in [1.82, 2.24) is 10.6 Å². The fourth-order valence-corrected chi connectivity index (χ4v) is 3.20. The molecule has 1 rings (SSSR count). The number of hydrogen-bond acceptors (Lipinski definition) is 3. The molecule has 118 valence electrons. The van der Waals surface area contributed by atoms with Crippen LogP contribution >= 0.6 is 11.8 Å². The lowest BCUT2D eigenvalue weighted by Crippen LogP contribution is -2.43. The summed E-state index contributed by atoms with van der Waals surface area (Å²) in [7, 11) is 1.84. The normalized spacial score (nSPS) is 23.1. The Labute approximate surface area is 128 Å². The van der Waals surface area contributed by atoms with Gasteiger partial charge in [0, 0.05) is 38.1 Å². The molecule has 2 atom stereocenters. The van der Waals surface area contributed by atoms with Gasteiger partial charge in [-0.2, -0.15) is 11.8 Å². The van der Waals surface area contributed by atoms with Gasteiger partial charge in [-0.3, -0.25) is 4.99 Å². The number of nitrogens with zero attached hydrogens (tertiary/aromatic N) is 1. The number of aliphatic imine (C=N–C) groups is 1. The van der Waals surface area contributed by atoms with E-state index < -0.39 is 0 Å². The third-order valence-electron chi connectivity index (χ3n) is 3.68. The molecule has 5 heteroatoms. The van der Waals surface area contributed by atoms with E-state index in [0.717, 1.165) is 43.8 Å². The van der Waals surface area contributed by atoms with E-state index in [0.29, 0.717) is 6.04 Å². The summed E-state index contributed by atoms with van der Waals surface area (Å²) >= 11 is 1.98. The Morgan fingerprint density at radius 1 is 1.30 bits per heavy atom. The van der Waals surface area contributed by atoms with Gasteiger partial charge in [-0.15, -0.1) is 0 Å². The molecule has 4 nitrogen and oxygen atoms in total. The maximum absolute atomic E-state index is 5.55. The summed E-state index contributed by atoms with van der Waals surface area (Å²) < 4.78 is 5.55. The molecular formula is C15H31N3OS. The predicted octanol–water partition coefficient (Wildman–Crippen LogP) is 2.64. The summed E-state index contributed by atoms with van der Waals surface area (Å²) in [6, 6.07) is 0.583. The van der Waals surface area contributed by atoms with Crippen molar-refractivity contribution in [2.45, 2.75) is 56.7 Å². The molecule has 0 bridgehead atoms. The molecule has 0 spiro atoms. The molecule has 20 heavy (non-hydrogen) atoms. The van der Waals surface area contributed by atoms with Gasteiger partial charge in [0.05, 0.1) is 0 Å². The van der Waals surface area contributed by atoms with Crippen LogP contribution in [0.2, 0.25) is 0 Å². The maximum Gasteiger partial charge on any atom is 0.191 e. The highest BCUT2D eigenvalue weighted by molar-refractivity contribution is 7.99. The Hall–Kier alpha value is -0.420. The summed E-state index contributed by atoms with van der Waals surface area (Å²) in [5, 5.41) is 7.72. The zero-order valence-corrected chi connectivity index (χ0v) is 14.1. The van der Waals surface area contributed by atoms with Crippen molar-refractivity contribution in [3.63, 3.8) is 0 Å². The molecule has 1 aliphatic carbocycles. The van der Waals surface area contributed by atoms with Gasteiger partial charge < -0.3 is 15.4 Å². The molecule has 0 saturated heterocycles. The van der Waals surface area contributed by atoms with Crippen molar-refractivity contribution in [3.8, 4) is 0 Å². The Kier molecular flexibility index (Phi) is 9.93. The van der Waals surface area contributed by atoms with Crippen molar-refractivity contribution in [3.05, 3.63) is 0 Å². The molecule has 1 fully saturated rings. The predicted molar refractivity (Wildman–Crippen MR) is 89.8 cm³/mol. The van der Waals surface area contributed by atoms with E-state index in [-0.39, 0.29) is 0 Å². The third-order valence-corrected chi connectivity index (χ3v) is 4.78. The van der Waals surface area contributed by atoms with Gasteiger partial charge in [0.15, 0.2) is 5.96 Å². The monoisotopic (exact) mass is 301 g/mol. The largest absolute Gasteiger partial charge is 0.381 e. The highest BCUT2D eigenvalue weighted by Gasteiger charge is 2.24. The first-order chi connectivity index (χ1) is 9.80. The first kappa shape index (κ1) is 17.6. The highest BCUT2D eigenvalue weighted by Crippen LogP contribution is 2.27. The SMILES string of the molecule is CCCCOCCCNC(=NC)NC1CCC(SC)C1. The van der Waals surface area contributed by atoms with Crippen LogP contribution in [-0.4, -0.2) is 50.3 Å². The van der Waals surface area contributed by atoms with Crippen molar-refractivity contribution < 1.29 is 4.74 Å². The number of unbranched alkanes of at least 4 members (excludes halogenated alkanes) is 1. The fraction of sp³-hybridized carbons (Fsp3) is 0.933. The van der Waals surface area contributed by atoms with Crippen LogP contribution in [0.3, 0.4) is 0 Å². The van der Waals surface area contributed by atoms with Gasteiger partial charge >= 0.3 is 0 Å². The molecule has 0 amide bonds. The van der Waals surface area contributed by atoms with Crippen LogP contribution in [0.4, 0.5) is 0 Å². The van der Waals surface area contributed by atoms with Crippen molar-refractivity contribution in [2.75, 3.05) is 33.1 Å². The van der Waals surface area contributed by atoms with Gasteiger partial charge in [-0.1, -0.05) is 13.3 Å². The minimum absolute atomic E-state index is 0.583. The van der Waals surface area contributed by atoms with Crippen molar-refractivity contribution >= 4 is 17.7 Å². The highest BCUT2D eigenvalue weighted by atomic mass is 32.2. The van der Waals surface area contributed by atoms with Gasteiger partial charge in [0.25, 0.3) is 0 Å². The molecule has 0 radical (unpaired) electrons. The summed E-state index contributed by atoms with van der Waals surface area (Å²) in [5.74, 6) is 0.935. The van der Waals surface area contributed by atoms with Gasteiger partial charge in [0.2, 0.25) is 0 Å². The minimum atomic E-state index is 0.583. The summed E-state index contributed by atoms with van der Waals surface area (Å²) in [6.07, 6.45) is 9.43. The molecule has 0 aliphatic heterocycles. The molecule has 1 saturated carbocycles. The van der Waals surface area contributed by atoms with Crippen molar-refractivity contribution in [1.29, 1.82) is 0 Å². The maximum atomic E-state index is 5.55. The number of guanidine groups is 1. The number of rotatable bonds is 9. The quantitative estimate of drug-likeness (QED) is 0.390. The zero-order chi connectivity index (χ0) is 14.6. The Morgan fingerprint density at radius 2 is 2.10 bits per heavy atom. The average molecular weight is 302 g/mol. The van der Waals surface area contributed by atoms with Crippen LogP contribution in [0.1, 0.15) is 45.4 Å². The Bertz CT molecular complexity index is 274. The van der Waals surface area contributed by atoms with Crippen LogP contribution in [0, 0.1) is 0 Å². The number of nitrogens with one attached hydrogen (secondary N) is 2. The third kappa shape index (κ3) is 7.39. The van der Waals surface area contributed by atoms with E-state index >= 15 is 0 Å².